The number of H-pyrrole nitrogens is 1. The topological polar surface area (TPSA) is 101 Å². The molecule has 2 aromatic heterocycles. The first kappa shape index (κ1) is 15.2. The summed E-state index contributed by atoms with van der Waals surface area (Å²) in [5, 5.41) is 0.496. The van der Waals surface area contributed by atoms with E-state index in [1.807, 2.05) is 0 Å². The van der Waals surface area contributed by atoms with Gasteiger partial charge in [0.2, 0.25) is 0 Å². The predicted octanol–water partition coefficient (Wildman–Crippen LogP) is 1.09. The molecule has 1 unspecified atom stereocenters. The molecule has 1 N–H and O–H groups in total. The van der Waals surface area contributed by atoms with Gasteiger partial charge in [0.1, 0.15) is 6.10 Å². The third-order valence-corrected chi connectivity index (χ3v) is 5.29. The molecule has 1 aliphatic heterocycles. The van der Waals surface area contributed by atoms with E-state index in [2.05, 4.69) is 19.9 Å². The van der Waals surface area contributed by atoms with Crippen LogP contribution < -0.4 is 4.74 Å². The molecule has 118 valence electrons. The first-order valence-electron chi connectivity index (χ1n) is 6.68. The van der Waals surface area contributed by atoms with Crippen LogP contribution in [0.15, 0.2) is 29.9 Å². The van der Waals surface area contributed by atoms with E-state index in [1.165, 1.54) is 29.2 Å². The van der Waals surface area contributed by atoms with Crippen LogP contribution in [0.4, 0.5) is 0 Å². The molecule has 0 bridgehead atoms. The lowest BCUT2D eigenvalue weighted by Crippen LogP contribution is -2.44. The van der Waals surface area contributed by atoms with Gasteiger partial charge in [0.25, 0.3) is 10.0 Å². The number of nitrogens with one attached hydrogen (secondary N) is 1. The fraction of sp³-hybridized carbons (Fsp3) is 0.417. The Bertz CT molecular complexity index is 720. The van der Waals surface area contributed by atoms with Crippen molar-refractivity contribution in [1.82, 2.24) is 24.2 Å². The molecule has 0 radical (unpaired) electrons. The minimum Gasteiger partial charge on any atom is -0.459 e. The smallest absolute Gasteiger partial charge is 0.316 e. The van der Waals surface area contributed by atoms with Gasteiger partial charge in [0.15, 0.2) is 5.03 Å². The zero-order valence-corrected chi connectivity index (χ0v) is 13.1. The normalized spacial score (nSPS) is 20.0. The highest BCUT2D eigenvalue weighted by Gasteiger charge is 2.32. The minimum absolute atomic E-state index is 0.0795. The molecule has 8 nitrogen and oxygen atoms in total. The summed E-state index contributed by atoms with van der Waals surface area (Å²) < 4.78 is 31.9. The Morgan fingerprint density at radius 2 is 2.09 bits per heavy atom. The van der Waals surface area contributed by atoms with Crippen LogP contribution in [0.25, 0.3) is 0 Å². The molecule has 3 heterocycles. The Kier molecular flexibility index (Phi) is 4.27. The van der Waals surface area contributed by atoms with Gasteiger partial charge >= 0.3 is 6.01 Å². The fourth-order valence-electron chi connectivity index (χ4n) is 2.25. The van der Waals surface area contributed by atoms with Crippen molar-refractivity contribution in [3.8, 4) is 6.01 Å². The van der Waals surface area contributed by atoms with Crippen molar-refractivity contribution in [2.75, 3.05) is 13.1 Å². The SMILES string of the molecule is O=S(=O)(c1cnc[nH]1)N1CCCC(Oc2ncc(Cl)cn2)C1. The average Bonchev–Trinajstić information content (AvgIpc) is 3.05. The Labute approximate surface area is 132 Å². The van der Waals surface area contributed by atoms with Crippen molar-refractivity contribution in [2.45, 2.75) is 24.0 Å². The number of imidazole rings is 1. The maximum absolute atomic E-state index is 12.4. The third kappa shape index (κ3) is 3.21. The molecule has 1 saturated heterocycles. The molecule has 0 spiro atoms. The van der Waals surface area contributed by atoms with E-state index in [1.54, 1.807) is 0 Å². The van der Waals surface area contributed by atoms with E-state index in [9.17, 15) is 8.42 Å². The number of hydrogen-bond donors (Lipinski definition) is 1. The highest BCUT2D eigenvalue weighted by Crippen LogP contribution is 2.21. The summed E-state index contributed by atoms with van der Waals surface area (Å²) in [6.07, 6.45) is 6.64. The van der Waals surface area contributed by atoms with E-state index < -0.39 is 10.0 Å². The number of aromatic amines is 1. The summed E-state index contributed by atoms with van der Waals surface area (Å²) in [5.41, 5.74) is 0. The molecule has 22 heavy (non-hydrogen) atoms. The summed E-state index contributed by atoms with van der Waals surface area (Å²) in [4.78, 5) is 14.3. The molecule has 1 fully saturated rings. The molecule has 0 amide bonds. The Morgan fingerprint density at radius 3 is 2.77 bits per heavy atom. The fourth-order valence-corrected chi connectivity index (χ4v) is 3.76. The number of rotatable bonds is 4. The van der Waals surface area contributed by atoms with E-state index in [4.69, 9.17) is 16.3 Å². The van der Waals surface area contributed by atoms with Crippen LogP contribution in [0.1, 0.15) is 12.8 Å². The van der Waals surface area contributed by atoms with Crippen LogP contribution in [-0.4, -0.2) is 51.9 Å². The second kappa shape index (κ2) is 6.19. The van der Waals surface area contributed by atoms with Crippen molar-refractivity contribution < 1.29 is 13.2 Å². The van der Waals surface area contributed by atoms with E-state index in [-0.39, 0.29) is 23.7 Å². The van der Waals surface area contributed by atoms with E-state index in [0.717, 1.165) is 6.42 Å². The summed E-state index contributed by atoms with van der Waals surface area (Å²) >= 11 is 5.72. The van der Waals surface area contributed by atoms with Gasteiger partial charge in [-0.15, -0.1) is 0 Å². The van der Waals surface area contributed by atoms with E-state index >= 15 is 0 Å². The van der Waals surface area contributed by atoms with Crippen LogP contribution in [0, 0.1) is 0 Å². The van der Waals surface area contributed by atoms with Crippen molar-refractivity contribution in [2.24, 2.45) is 0 Å². The number of hydrogen-bond acceptors (Lipinski definition) is 6. The molecule has 0 aliphatic carbocycles. The number of piperidine rings is 1. The predicted molar refractivity (Wildman–Crippen MR) is 78.0 cm³/mol. The minimum atomic E-state index is -3.58. The molecule has 2 aromatic rings. The molecule has 3 rings (SSSR count). The second-order valence-electron chi connectivity index (χ2n) is 4.84. The van der Waals surface area contributed by atoms with Gasteiger partial charge in [-0.2, -0.15) is 4.31 Å². The number of aromatic nitrogens is 4. The molecule has 0 aromatic carbocycles. The monoisotopic (exact) mass is 343 g/mol. The highest BCUT2D eigenvalue weighted by atomic mass is 35.5. The largest absolute Gasteiger partial charge is 0.459 e. The molecule has 10 heteroatoms. The van der Waals surface area contributed by atoms with Crippen molar-refractivity contribution in [3.63, 3.8) is 0 Å². The number of sulfonamides is 1. The standard InChI is InChI=1S/C12H14ClN5O3S/c13-9-4-15-12(16-5-9)21-10-2-1-3-18(7-10)22(19,20)11-6-14-8-17-11/h4-6,8,10H,1-3,7H2,(H,14,17). The number of nitrogens with zero attached hydrogens (tertiary/aromatic N) is 4. The number of ether oxygens (including phenoxy) is 1. The molecular weight excluding hydrogens is 330 g/mol. The van der Waals surface area contributed by atoms with Gasteiger partial charge in [-0.05, 0) is 12.8 Å². The Morgan fingerprint density at radius 1 is 1.32 bits per heavy atom. The molecule has 0 saturated carbocycles. The maximum atomic E-state index is 12.4. The van der Waals surface area contributed by atoms with Gasteiger partial charge in [-0.25, -0.2) is 23.4 Å². The van der Waals surface area contributed by atoms with Crippen molar-refractivity contribution in [3.05, 3.63) is 29.9 Å². The van der Waals surface area contributed by atoms with Crippen molar-refractivity contribution >= 4 is 21.6 Å². The summed E-state index contributed by atoms with van der Waals surface area (Å²) in [7, 11) is -3.58. The Balaban J connectivity index is 1.70. The summed E-state index contributed by atoms with van der Waals surface area (Å²) in [6.45, 7) is 0.691. The first-order valence-corrected chi connectivity index (χ1v) is 8.50. The quantitative estimate of drug-likeness (QED) is 0.891. The average molecular weight is 344 g/mol. The second-order valence-corrected chi connectivity index (χ2v) is 7.19. The lowest BCUT2D eigenvalue weighted by molar-refractivity contribution is 0.119. The van der Waals surface area contributed by atoms with Crippen molar-refractivity contribution in [1.29, 1.82) is 0 Å². The Hall–Kier alpha value is -1.71. The lowest BCUT2D eigenvalue weighted by atomic mass is 10.1. The molecule has 1 aliphatic rings. The summed E-state index contributed by atoms with van der Waals surface area (Å²) in [6, 6.07) is 0.190. The van der Waals surface area contributed by atoms with E-state index in [0.29, 0.717) is 18.0 Å². The molecule has 1 atom stereocenters. The van der Waals surface area contributed by atoms with Crippen LogP contribution in [0.3, 0.4) is 0 Å². The lowest BCUT2D eigenvalue weighted by Gasteiger charge is -2.30. The summed E-state index contributed by atoms with van der Waals surface area (Å²) in [5.74, 6) is 0. The van der Waals surface area contributed by atoms with Gasteiger partial charge in [-0.3, -0.25) is 0 Å². The molecular formula is C12H14ClN5O3S. The first-order chi connectivity index (χ1) is 10.6. The zero-order valence-electron chi connectivity index (χ0n) is 11.5. The van der Waals surface area contributed by atoms with Gasteiger partial charge in [0, 0.05) is 6.54 Å². The van der Waals surface area contributed by atoms with Crippen LogP contribution in [0.2, 0.25) is 5.02 Å². The van der Waals surface area contributed by atoms with Crippen LogP contribution in [0.5, 0.6) is 6.01 Å². The van der Waals surface area contributed by atoms with Gasteiger partial charge < -0.3 is 9.72 Å². The van der Waals surface area contributed by atoms with Gasteiger partial charge in [0.05, 0.1) is 36.5 Å². The van der Waals surface area contributed by atoms with Gasteiger partial charge in [-0.1, -0.05) is 11.6 Å². The third-order valence-electron chi connectivity index (χ3n) is 3.30. The van der Waals surface area contributed by atoms with Crippen LogP contribution >= 0.6 is 11.6 Å². The maximum Gasteiger partial charge on any atom is 0.316 e. The number of halogens is 1. The van der Waals surface area contributed by atoms with Crippen LogP contribution in [-0.2, 0) is 10.0 Å². The highest BCUT2D eigenvalue weighted by molar-refractivity contribution is 7.89. The zero-order chi connectivity index (χ0) is 15.6.